The van der Waals surface area contributed by atoms with Crippen LogP contribution in [0.1, 0.15) is 118 Å². The maximum absolute atomic E-state index is 2.34. The average molecular weight is 903 g/mol. The fraction of sp³-hybridized carbons (Fsp3) is 0.545. The minimum Gasteiger partial charge on any atom is -1.00 e. The van der Waals surface area contributed by atoms with Crippen LogP contribution in [0.15, 0.2) is 48.5 Å². The number of hydrogen-bond acceptors (Lipinski definition) is 0. The maximum Gasteiger partial charge on any atom is -0.0512 e. The summed E-state index contributed by atoms with van der Waals surface area (Å²) in [6, 6.07) is 18.7. The molecule has 0 N–H and O–H groups in total. The molecule has 6 heteroatoms. The van der Waals surface area contributed by atoms with Gasteiger partial charge in [0.05, 0.1) is 0 Å². The van der Waals surface area contributed by atoms with Gasteiger partial charge in [0.25, 0.3) is 0 Å². The Morgan fingerprint density at radius 3 is 0.700 bits per heavy atom. The SMILES string of the molecule is C[Si](C)=[Zr+2].C[Si](C)=[Zr+2].Cc1cc2c([cH-]1)CCCC2.Cc1cc2c([cH-]1)CCCC2.Cc1cc2c([cH-]1)CCCC2.Cc1cc2c([cH-]1)CCCC2.[Cl-].[Cl-]. The van der Waals surface area contributed by atoms with Crippen LogP contribution in [0.5, 0.6) is 0 Å². The van der Waals surface area contributed by atoms with Gasteiger partial charge in [-0.2, -0.15) is 91.0 Å². The molecule has 0 amide bonds. The Morgan fingerprint density at radius 1 is 0.380 bits per heavy atom. The van der Waals surface area contributed by atoms with Gasteiger partial charge >= 0.3 is 83.7 Å². The maximum atomic E-state index is 2.34. The van der Waals surface area contributed by atoms with Crippen LogP contribution in [0.3, 0.4) is 0 Å². The molecule has 0 saturated heterocycles. The van der Waals surface area contributed by atoms with Crippen molar-refractivity contribution in [3.63, 3.8) is 0 Å². The van der Waals surface area contributed by atoms with Crippen molar-refractivity contribution < 1.29 is 71.5 Å². The van der Waals surface area contributed by atoms with Crippen LogP contribution < -0.4 is 24.8 Å². The number of fused-ring (bicyclic) bond motifs is 4. The number of rotatable bonds is 0. The molecule has 0 radical (unpaired) electrons. The molecule has 4 aromatic carbocycles. The quantitative estimate of drug-likeness (QED) is 0.152. The van der Waals surface area contributed by atoms with E-state index in [0.717, 1.165) is 0 Å². The van der Waals surface area contributed by atoms with Crippen LogP contribution in [-0.4, -0.2) is 10.9 Å². The third-order valence-corrected chi connectivity index (χ3v) is 9.43. The Bertz CT molecular complexity index is 1240. The summed E-state index contributed by atoms with van der Waals surface area (Å²) in [4.78, 5) is 0. The summed E-state index contributed by atoms with van der Waals surface area (Å²) in [6.45, 7) is 18.0. The molecule has 0 atom stereocenters. The van der Waals surface area contributed by atoms with Crippen LogP contribution >= 0.6 is 0 Å². The van der Waals surface area contributed by atoms with E-state index < -0.39 is 0 Å². The molecule has 0 bridgehead atoms. The van der Waals surface area contributed by atoms with E-state index >= 15 is 0 Å². The fourth-order valence-electron chi connectivity index (χ4n) is 7.49. The van der Waals surface area contributed by atoms with Gasteiger partial charge in [-0.05, 0) is 0 Å². The third kappa shape index (κ3) is 18.5. The summed E-state index contributed by atoms with van der Waals surface area (Å²) in [5, 5.41) is 0. The normalized spacial score (nSPS) is 14.6. The molecule has 272 valence electrons. The summed E-state index contributed by atoms with van der Waals surface area (Å²) >= 11 is 3.48. The van der Waals surface area contributed by atoms with Crippen molar-refractivity contribution in [2.75, 3.05) is 0 Å². The minimum atomic E-state index is 0. The second-order valence-corrected chi connectivity index (χ2v) is 33.9. The molecule has 0 spiro atoms. The first-order valence-corrected chi connectivity index (χ1v) is 31.3. The van der Waals surface area contributed by atoms with E-state index in [-0.39, 0.29) is 35.7 Å². The van der Waals surface area contributed by atoms with Crippen molar-refractivity contribution >= 4 is 10.9 Å². The zero-order chi connectivity index (χ0) is 35.1. The average Bonchev–Trinajstić information content (AvgIpc) is 3.79. The Labute approximate surface area is 350 Å². The zero-order valence-electron chi connectivity index (χ0n) is 32.7. The number of halogens is 2. The van der Waals surface area contributed by atoms with Crippen molar-refractivity contribution in [2.45, 2.75) is 157 Å². The Morgan fingerprint density at radius 2 is 0.540 bits per heavy atom. The van der Waals surface area contributed by atoms with E-state index in [1.807, 2.05) is 0 Å². The summed E-state index contributed by atoms with van der Waals surface area (Å²) < 4.78 is 0. The van der Waals surface area contributed by atoms with Gasteiger partial charge in [-0.1, -0.05) is 130 Å². The van der Waals surface area contributed by atoms with E-state index in [1.165, 1.54) is 125 Å². The third-order valence-electron chi connectivity index (χ3n) is 9.43. The molecule has 4 aromatic rings. The molecule has 4 aliphatic carbocycles. The van der Waals surface area contributed by atoms with Gasteiger partial charge < -0.3 is 24.8 Å². The second-order valence-electron chi connectivity index (χ2n) is 15.2. The molecule has 0 aliphatic heterocycles. The molecular weight excluding hydrogens is 838 g/mol. The first-order valence-electron chi connectivity index (χ1n) is 18.9. The van der Waals surface area contributed by atoms with Crippen molar-refractivity contribution in [1.29, 1.82) is 0 Å². The molecule has 0 heterocycles. The Kier molecular flexibility index (Phi) is 25.1. The van der Waals surface area contributed by atoms with Gasteiger partial charge in [0, 0.05) is 0 Å². The standard InChI is InChI=1S/4C10H13.2C2H6Si.2ClH.2Zr/c4*1-8-6-9-4-2-3-5-10(9)7-8;2*1-3-2;;;;/h4*6-7H,2-5H2,1H3;2*1-2H3;2*1H;;/q4*-1;;;;;2*+2/p-2. The smallest absolute Gasteiger partial charge is 0.0512 e. The van der Waals surface area contributed by atoms with E-state index in [1.54, 1.807) is 91.2 Å². The molecule has 0 saturated carbocycles. The summed E-state index contributed by atoms with van der Waals surface area (Å²) in [5.74, 6) is 0. The van der Waals surface area contributed by atoms with Crippen LogP contribution in [0.2, 0.25) is 26.2 Å². The van der Waals surface area contributed by atoms with Crippen LogP contribution in [-0.2, 0) is 98.0 Å². The van der Waals surface area contributed by atoms with E-state index in [4.69, 9.17) is 0 Å². The summed E-state index contributed by atoms with van der Waals surface area (Å²) in [5.41, 5.74) is 19.1. The predicted molar refractivity (Wildman–Crippen MR) is 209 cm³/mol. The van der Waals surface area contributed by atoms with Crippen molar-refractivity contribution in [3.8, 4) is 0 Å². The monoisotopic (exact) mass is 898 g/mol. The van der Waals surface area contributed by atoms with E-state index in [2.05, 4.69) is 102 Å². The van der Waals surface area contributed by atoms with Crippen molar-refractivity contribution in [1.82, 2.24) is 0 Å². The number of hydrogen-bond donors (Lipinski definition) is 0. The molecular formula is C44H64Cl2Si2Zr2-2. The van der Waals surface area contributed by atoms with E-state index in [9.17, 15) is 0 Å². The topological polar surface area (TPSA) is 0 Å². The molecule has 0 fully saturated rings. The summed E-state index contributed by atoms with van der Waals surface area (Å²) in [6.07, 6.45) is 21.8. The largest absolute Gasteiger partial charge is 1.00 e. The predicted octanol–water partition coefficient (Wildman–Crippen LogP) is 5.95. The van der Waals surface area contributed by atoms with Crippen LogP contribution in [0.4, 0.5) is 0 Å². The Hall–Kier alpha value is 0.180. The molecule has 0 nitrogen and oxygen atoms in total. The van der Waals surface area contributed by atoms with Gasteiger partial charge in [-0.15, -0.1) is 0 Å². The van der Waals surface area contributed by atoms with Crippen molar-refractivity contribution in [3.05, 3.63) is 115 Å². The first-order chi connectivity index (χ1) is 22.9. The van der Waals surface area contributed by atoms with Gasteiger partial charge in [0.1, 0.15) is 0 Å². The summed E-state index contributed by atoms with van der Waals surface area (Å²) in [7, 11) is 0. The van der Waals surface area contributed by atoms with Gasteiger partial charge in [0.2, 0.25) is 0 Å². The molecule has 0 unspecified atom stereocenters. The second kappa shape index (κ2) is 26.1. The van der Waals surface area contributed by atoms with Gasteiger partial charge in [-0.25, -0.2) is 24.3 Å². The first kappa shape index (κ1) is 48.2. The van der Waals surface area contributed by atoms with Gasteiger partial charge in [-0.3, -0.25) is 0 Å². The zero-order valence-corrected chi connectivity index (χ0v) is 41.1. The van der Waals surface area contributed by atoms with Gasteiger partial charge in [0.15, 0.2) is 0 Å². The number of aryl methyl sites for hydroxylation is 12. The molecule has 0 aromatic heterocycles. The molecule has 50 heavy (non-hydrogen) atoms. The van der Waals surface area contributed by atoms with Crippen LogP contribution in [0, 0.1) is 27.7 Å². The Balaban J connectivity index is 0.000000308. The molecule has 8 rings (SSSR count). The molecule has 4 aliphatic rings. The van der Waals surface area contributed by atoms with E-state index in [0.29, 0.717) is 0 Å². The fourth-order valence-corrected chi connectivity index (χ4v) is 7.49. The minimum absolute atomic E-state index is 0. The van der Waals surface area contributed by atoms with Crippen LogP contribution in [0.25, 0.3) is 0 Å². The van der Waals surface area contributed by atoms with Crippen molar-refractivity contribution in [2.24, 2.45) is 0 Å².